The normalized spacial score (nSPS) is 26.2. The zero-order valence-electron chi connectivity index (χ0n) is 12.6. The van der Waals surface area contributed by atoms with Gasteiger partial charge in [-0.3, -0.25) is 4.90 Å². The second-order valence-electron chi connectivity index (χ2n) is 6.25. The molecule has 0 aromatic carbocycles. The van der Waals surface area contributed by atoms with Gasteiger partial charge in [0.05, 0.1) is 13.3 Å². The van der Waals surface area contributed by atoms with Crippen molar-refractivity contribution < 1.29 is 9.84 Å². The standard InChI is InChI=1S/C14H24N4O2S/c1-2-5-17-12(8-19)15-18(13(17)21)11-16-6-3-14(9-16)4-7-20-10-14/h19H,2-11H2,1H3. The molecule has 0 aliphatic carbocycles. The minimum Gasteiger partial charge on any atom is -0.388 e. The lowest BCUT2D eigenvalue weighted by molar-refractivity contribution is 0.146. The molecule has 6 nitrogen and oxygen atoms in total. The van der Waals surface area contributed by atoms with Crippen molar-refractivity contribution in [2.75, 3.05) is 26.3 Å². The summed E-state index contributed by atoms with van der Waals surface area (Å²) in [4.78, 5) is 2.40. The van der Waals surface area contributed by atoms with Crippen LogP contribution in [0.4, 0.5) is 0 Å². The molecule has 118 valence electrons. The van der Waals surface area contributed by atoms with E-state index >= 15 is 0 Å². The Morgan fingerprint density at radius 1 is 1.43 bits per heavy atom. The first-order valence-electron chi connectivity index (χ1n) is 7.75. The highest BCUT2D eigenvalue weighted by Gasteiger charge is 2.41. The summed E-state index contributed by atoms with van der Waals surface area (Å²) in [5.74, 6) is 0.667. The van der Waals surface area contributed by atoms with Crippen LogP contribution in [0.2, 0.25) is 0 Å². The number of aromatic nitrogens is 3. The van der Waals surface area contributed by atoms with Gasteiger partial charge in [0.25, 0.3) is 0 Å². The average Bonchev–Trinajstić information content (AvgIpc) is 3.17. The highest BCUT2D eigenvalue weighted by molar-refractivity contribution is 7.71. The van der Waals surface area contributed by atoms with Crippen molar-refractivity contribution in [1.82, 2.24) is 19.2 Å². The third kappa shape index (κ3) is 2.92. The van der Waals surface area contributed by atoms with Gasteiger partial charge in [-0.25, -0.2) is 4.68 Å². The Morgan fingerprint density at radius 3 is 2.95 bits per heavy atom. The van der Waals surface area contributed by atoms with E-state index in [9.17, 15) is 5.11 Å². The average molecular weight is 312 g/mol. The van der Waals surface area contributed by atoms with Crippen LogP contribution in [0.15, 0.2) is 0 Å². The van der Waals surface area contributed by atoms with Crippen molar-refractivity contribution >= 4 is 12.2 Å². The van der Waals surface area contributed by atoms with Gasteiger partial charge >= 0.3 is 0 Å². The molecule has 0 saturated carbocycles. The number of rotatable bonds is 5. The van der Waals surface area contributed by atoms with Crippen molar-refractivity contribution in [3.8, 4) is 0 Å². The molecule has 1 aromatic rings. The van der Waals surface area contributed by atoms with Crippen LogP contribution in [0.3, 0.4) is 0 Å². The van der Waals surface area contributed by atoms with E-state index in [0.29, 0.717) is 22.7 Å². The van der Waals surface area contributed by atoms with Gasteiger partial charge in [-0.2, -0.15) is 5.10 Å². The van der Waals surface area contributed by atoms with Gasteiger partial charge in [-0.1, -0.05) is 6.92 Å². The van der Waals surface area contributed by atoms with E-state index < -0.39 is 0 Å². The van der Waals surface area contributed by atoms with E-state index in [2.05, 4.69) is 16.9 Å². The predicted octanol–water partition coefficient (Wildman–Crippen LogP) is 1.39. The summed E-state index contributed by atoms with van der Waals surface area (Å²) in [6.45, 7) is 7.48. The number of nitrogens with zero attached hydrogens (tertiary/aromatic N) is 4. The van der Waals surface area contributed by atoms with Crippen molar-refractivity contribution in [3.05, 3.63) is 10.6 Å². The second-order valence-corrected chi connectivity index (χ2v) is 6.62. The first-order valence-corrected chi connectivity index (χ1v) is 8.16. The Hall–Kier alpha value is -0.760. The second kappa shape index (κ2) is 6.16. The first kappa shape index (κ1) is 15.1. The lowest BCUT2D eigenvalue weighted by Gasteiger charge is -2.21. The van der Waals surface area contributed by atoms with Crippen LogP contribution in [0.25, 0.3) is 0 Å². The monoisotopic (exact) mass is 312 g/mol. The van der Waals surface area contributed by atoms with Gasteiger partial charge in [0.2, 0.25) is 0 Å². The molecule has 1 aromatic heterocycles. The molecular weight excluding hydrogens is 288 g/mol. The van der Waals surface area contributed by atoms with Crippen LogP contribution in [0, 0.1) is 10.2 Å². The largest absolute Gasteiger partial charge is 0.388 e. The molecule has 0 amide bonds. The molecule has 3 rings (SSSR count). The fourth-order valence-corrected chi connectivity index (χ4v) is 3.75. The van der Waals surface area contributed by atoms with E-state index in [1.54, 1.807) is 0 Å². The van der Waals surface area contributed by atoms with E-state index in [4.69, 9.17) is 17.0 Å². The lowest BCUT2D eigenvalue weighted by atomic mass is 9.87. The number of ether oxygens (including phenoxy) is 1. The Bertz CT molecular complexity index is 548. The Labute approximate surface area is 130 Å². The molecule has 7 heteroatoms. The first-order chi connectivity index (χ1) is 10.2. The number of likely N-dealkylation sites (tertiary alicyclic amines) is 1. The molecule has 2 fully saturated rings. The minimum atomic E-state index is -0.0611. The molecule has 2 saturated heterocycles. The summed E-state index contributed by atoms with van der Waals surface area (Å²) in [7, 11) is 0. The highest BCUT2D eigenvalue weighted by atomic mass is 32.1. The molecule has 1 unspecified atom stereocenters. The summed E-state index contributed by atoms with van der Waals surface area (Å²) in [5.41, 5.74) is 0.355. The van der Waals surface area contributed by atoms with Crippen LogP contribution >= 0.6 is 12.2 Å². The summed E-state index contributed by atoms with van der Waals surface area (Å²) in [5, 5.41) is 13.9. The van der Waals surface area contributed by atoms with Gasteiger partial charge in [0, 0.05) is 31.7 Å². The van der Waals surface area contributed by atoms with Crippen LogP contribution in [-0.2, 0) is 24.6 Å². The SMILES string of the molecule is CCCn1c(CO)nn(CN2CCC3(CCOC3)C2)c1=S. The number of aliphatic hydroxyl groups excluding tert-OH is 1. The van der Waals surface area contributed by atoms with Gasteiger partial charge in [-0.15, -0.1) is 0 Å². The number of aliphatic hydroxyl groups is 1. The molecule has 2 aliphatic heterocycles. The summed E-state index contributed by atoms with van der Waals surface area (Å²) in [6.07, 6.45) is 3.35. The third-order valence-electron chi connectivity index (χ3n) is 4.62. The number of hydrogen-bond acceptors (Lipinski definition) is 5. The molecule has 0 radical (unpaired) electrons. The summed E-state index contributed by atoms with van der Waals surface area (Å²) in [6, 6.07) is 0. The zero-order valence-corrected chi connectivity index (χ0v) is 13.4. The van der Waals surface area contributed by atoms with Crippen molar-refractivity contribution in [2.24, 2.45) is 5.41 Å². The molecule has 21 heavy (non-hydrogen) atoms. The van der Waals surface area contributed by atoms with Gasteiger partial charge in [0.15, 0.2) is 10.6 Å². The fourth-order valence-electron chi connectivity index (χ4n) is 3.45. The molecule has 3 heterocycles. The zero-order chi connectivity index (χ0) is 14.9. The van der Waals surface area contributed by atoms with E-state index in [1.165, 1.54) is 12.8 Å². The maximum Gasteiger partial charge on any atom is 0.199 e. The molecule has 1 N–H and O–H groups in total. The number of hydrogen-bond donors (Lipinski definition) is 1. The molecule has 1 spiro atoms. The fraction of sp³-hybridized carbons (Fsp3) is 0.857. The van der Waals surface area contributed by atoms with Crippen molar-refractivity contribution in [3.63, 3.8) is 0 Å². The topological polar surface area (TPSA) is 55.5 Å². The summed E-state index contributed by atoms with van der Waals surface area (Å²) < 4.78 is 10.1. The maximum absolute atomic E-state index is 9.44. The van der Waals surface area contributed by atoms with Crippen LogP contribution < -0.4 is 0 Å². The Kier molecular flexibility index (Phi) is 4.44. The predicted molar refractivity (Wildman–Crippen MR) is 81.3 cm³/mol. The van der Waals surface area contributed by atoms with Crippen molar-refractivity contribution in [1.29, 1.82) is 0 Å². The van der Waals surface area contributed by atoms with Crippen LogP contribution in [0.1, 0.15) is 32.0 Å². The molecule has 0 bridgehead atoms. The quantitative estimate of drug-likeness (QED) is 0.833. The van der Waals surface area contributed by atoms with E-state index in [-0.39, 0.29) is 6.61 Å². The van der Waals surface area contributed by atoms with Gasteiger partial charge in [0.1, 0.15) is 6.61 Å². The lowest BCUT2D eigenvalue weighted by Crippen LogP contribution is -2.29. The Balaban J connectivity index is 1.72. The van der Waals surface area contributed by atoms with Gasteiger partial charge in [-0.05, 0) is 31.5 Å². The van der Waals surface area contributed by atoms with Gasteiger partial charge < -0.3 is 14.4 Å². The third-order valence-corrected chi connectivity index (χ3v) is 5.06. The molecule has 1 atom stereocenters. The minimum absolute atomic E-state index is 0.0611. The van der Waals surface area contributed by atoms with E-state index in [0.717, 1.165) is 39.3 Å². The smallest absolute Gasteiger partial charge is 0.199 e. The van der Waals surface area contributed by atoms with E-state index in [1.807, 2.05) is 9.25 Å². The molecule has 2 aliphatic rings. The summed E-state index contributed by atoms with van der Waals surface area (Å²) >= 11 is 5.51. The van der Waals surface area contributed by atoms with Crippen LogP contribution in [0.5, 0.6) is 0 Å². The van der Waals surface area contributed by atoms with Crippen molar-refractivity contribution in [2.45, 2.75) is 46.0 Å². The maximum atomic E-state index is 9.44. The van der Waals surface area contributed by atoms with Crippen LogP contribution in [-0.4, -0.2) is 50.7 Å². The highest BCUT2D eigenvalue weighted by Crippen LogP contribution is 2.38. The molecular formula is C14H24N4O2S. The Morgan fingerprint density at radius 2 is 2.29 bits per heavy atom.